The fourth-order valence-electron chi connectivity index (χ4n) is 1.49. The van der Waals surface area contributed by atoms with Crippen molar-refractivity contribution in [1.29, 1.82) is 0 Å². The highest BCUT2D eigenvalue weighted by atomic mass is 19.1. The minimum absolute atomic E-state index is 0.350. The SMILES string of the molecule is O=C(c1ccccc1F)c1c(F)cccc1F. The van der Waals surface area contributed by atoms with Gasteiger partial charge in [-0.15, -0.1) is 0 Å². The topological polar surface area (TPSA) is 17.1 Å². The first kappa shape index (κ1) is 11.4. The molecule has 0 radical (unpaired) electrons. The summed E-state index contributed by atoms with van der Waals surface area (Å²) < 4.78 is 40.0. The predicted octanol–water partition coefficient (Wildman–Crippen LogP) is 3.33. The summed E-state index contributed by atoms with van der Waals surface area (Å²) in [4.78, 5) is 11.8. The largest absolute Gasteiger partial charge is 0.288 e. The van der Waals surface area contributed by atoms with Gasteiger partial charge >= 0.3 is 0 Å². The average Bonchev–Trinajstić information content (AvgIpc) is 2.29. The predicted molar refractivity (Wildman–Crippen MR) is 56.2 cm³/mol. The standard InChI is InChI=1S/C13H7F3O/c14-9-5-2-1-4-8(9)13(17)12-10(15)6-3-7-11(12)16/h1-7H. The maximum Gasteiger partial charge on any atom is 0.201 e. The molecule has 0 aromatic heterocycles. The van der Waals surface area contributed by atoms with Gasteiger partial charge in [0.1, 0.15) is 17.5 Å². The molecule has 0 heterocycles. The summed E-state index contributed by atoms with van der Waals surface area (Å²) in [7, 11) is 0. The van der Waals surface area contributed by atoms with Crippen LogP contribution in [-0.4, -0.2) is 5.78 Å². The van der Waals surface area contributed by atoms with Crippen LogP contribution in [0.3, 0.4) is 0 Å². The lowest BCUT2D eigenvalue weighted by Crippen LogP contribution is -2.09. The highest BCUT2D eigenvalue weighted by Crippen LogP contribution is 2.18. The second kappa shape index (κ2) is 4.41. The first-order valence-electron chi connectivity index (χ1n) is 4.84. The van der Waals surface area contributed by atoms with Crippen LogP contribution >= 0.6 is 0 Å². The molecule has 2 aromatic rings. The van der Waals surface area contributed by atoms with Crippen LogP contribution < -0.4 is 0 Å². The Morgan fingerprint density at radius 2 is 1.29 bits per heavy atom. The van der Waals surface area contributed by atoms with Crippen molar-refractivity contribution in [3.8, 4) is 0 Å². The molecule has 4 heteroatoms. The van der Waals surface area contributed by atoms with E-state index < -0.39 is 28.8 Å². The Morgan fingerprint density at radius 3 is 1.88 bits per heavy atom. The van der Waals surface area contributed by atoms with E-state index in [-0.39, 0.29) is 5.56 Å². The van der Waals surface area contributed by atoms with E-state index in [2.05, 4.69) is 0 Å². The number of rotatable bonds is 2. The summed E-state index contributed by atoms with van der Waals surface area (Å²) in [5.41, 5.74) is -1.09. The van der Waals surface area contributed by atoms with Crippen LogP contribution in [0.5, 0.6) is 0 Å². The van der Waals surface area contributed by atoms with Gasteiger partial charge in [-0.05, 0) is 24.3 Å². The fraction of sp³-hybridized carbons (Fsp3) is 0. The van der Waals surface area contributed by atoms with Gasteiger partial charge in [0.25, 0.3) is 0 Å². The molecule has 1 nitrogen and oxygen atoms in total. The van der Waals surface area contributed by atoms with E-state index in [4.69, 9.17) is 0 Å². The van der Waals surface area contributed by atoms with Crippen molar-refractivity contribution in [2.45, 2.75) is 0 Å². The maximum absolute atomic E-state index is 13.3. The smallest absolute Gasteiger partial charge is 0.201 e. The molecule has 0 saturated heterocycles. The number of carbonyl (C=O) groups is 1. The summed E-state index contributed by atoms with van der Waals surface area (Å²) in [6.45, 7) is 0. The molecule has 86 valence electrons. The molecular formula is C13H7F3O. The van der Waals surface area contributed by atoms with Gasteiger partial charge in [0.2, 0.25) is 5.78 Å². The Hall–Kier alpha value is -2.10. The van der Waals surface area contributed by atoms with Crippen molar-refractivity contribution in [2.75, 3.05) is 0 Å². The maximum atomic E-state index is 13.3. The summed E-state index contributed by atoms with van der Waals surface area (Å²) in [5.74, 6) is -3.81. The molecule has 17 heavy (non-hydrogen) atoms. The van der Waals surface area contributed by atoms with Crippen LogP contribution in [0.25, 0.3) is 0 Å². The van der Waals surface area contributed by atoms with Crippen molar-refractivity contribution < 1.29 is 18.0 Å². The number of halogens is 3. The van der Waals surface area contributed by atoms with Gasteiger partial charge in [0, 0.05) is 0 Å². The quantitative estimate of drug-likeness (QED) is 0.731. The van der Waals surface area contributed by atoms with E-state index in [1.165, 1.54) is 18.2 Å². The van der Waals surface area contributed by atoms with E-state index in [9.17, 15) is 18.0 Å². The lowest BCUT2D eigenvalue weighted by atomic mass is 10.0. The minimum atomic E-state index is -1.00. The van der Waals surface area contributed by atoms with Crippen LogP contribution in [0, 0.1) is 17.5 Å². The van der Waals surface area contributed by atoms with E-state index in [1.54, 1.807) is 0 Å². The molecule has 0 aliphatic heterocycles. The number of carbonyl (C=O) groups excluding carboxylic acids is 1. The minimum Gasteiger partial charge on any atom is -0.288 e. The molecule has 0 atom stereocenters. The normalized spacial score (nSPS) is 10.3. The van der Waals surface area contributed by atoms with Crippen molar-refractivity contribution in [1.82, 2.24) is 0 Å². The van der Waals surface area contributed by atoms with Gasteiger partial charge in [0.15, 0.2) is 0 Å². The van der Waals surface area contributed by atoms with E-state index in [0.29, 0.717) is 0 Å². The van der Waals surface area contributed by atoms with E-state index in [0.717, 1.165) is 24.3 Å². The molecule has 0 spiro atoms. The van der Waals surface area contributed by atoms with Crippen LogP contribution in [0.1, 0.15) is 15.9 Å². The Kier molecular flexibility index (Phi) is 2.95. The Bertz CT molecular complexity index is 558. The monoisotopic (exact) mass is 236 g/mol. The van der Waals surface area contributed by atoms with Crippen molar-refractivity contribution in [3.63, 3.8) is 0 Å². The second-order valence-electron chi connectivity index (χ2n) is 3.41. The van der Waals surface area contributed by atoms with Crippen LogP contribution in [0.2, 0.25) is 0 Å². The molecule has 0 bridgehead atoms. The van der Waals surface area contributed by atoms with Crippen molar-refractivity contribution in [3.05, 3.63) is 71.0 Å². The van der Waals surface area contributed by atoms with Gasteiger partial charge < -0.3 is 0 Å². The van der Waals surface area contributed by atoms with Gasteiger partial charge in [-0.3, -0.25) is 4.79 Å². The first-order chi connectivity index (χ1) is 8.11. The zero-order chi connectivity index (χ0) is 12.4. The molecule has 2 aromatic carbocycles. The van der Waals surface area contributed by atoms with Crippen molar-refractivity contribution >= 4 is 5.78 Å². The molecular weight excluding hydrogens is 229 g/mol. The lowest BCUT2D eigenvalue weighted by Gasteiger charge is -2.04. The molecule has 0 amide bonds. The molecule has 0 aliphatic rings. The number of ketones is 1. The highest BCUT2D eigenvalue weighted by Gasteiger charge is 2.20. The zero-order valence-electron chi connectivity index (χ0n) is 8.58. The van der Waals surface area contributed by atoms with Gasteiger partial charge in [-0.25, -0.2) is 13.2 Å². The fourth-order valence-corrected chi connectivity index (χ4v) is 1.49. The third-order valence-corrected chi connectivity index (χ3v) is 2.31. The van der Waals surface area contributed by atoms with Gasteiger partial charge in [-0.2, -0.15) is 0 Å². The highest BCUT2D eigenvalue weighted by molar-refractivity contribution is 6.09. The average molecular weight is 236 g/mol. The van der Waals surface area contributed by atoms with Crippen LogP contribution in [0.4, 0.5) is 13.2 Å². The number of hydrogen-bond donors (Lipinski definition) is 0. The molecule has 0 saturated carbocycles. The van der Waals surface area contributed by atoms with E-state index >= 15 is 0 Å². The second-order valence-corrected chi connectivity index (χ2v) is 3.41. The van der Waals surface area contributed by atoms with Crippen LogP contribution in [0.15, 0.2) is 42.5 Å². The third kappa shape index (κ3) is 2.06. The van der Waals surface area contributed by atoms with Gasteiger partial charge in [0.05, 0.1) is 11.1 Å². The lowest BCUT2D eigenvalue weighted by molar-refractivity contribution is 0.102. The summed E-state index contributed by atoms with van der Waals surface area (Å²) in [5, 5.41) is 0. The van der Waals surface area contributed by atoms with Crippen molar-refractivity contribution in [2.24, 2.45) is 0 Å². The molecule has 0 N–H and O–H groups in total. The molecule has 0 aliphatic carbocycles. The molecule has 2 rings (SSSR count). The third-order valence-electron chi connectivity index (χ3n) is 2.31. The Labute approximate surface area is 95.5 Å². The Morgan fingerprint density at radius 1 is 0.765 bits per heavy atom. The summed E-state index contributed by atoms with van der Waals surface area (Å²) in [6.07, 6.45) is 0. The van der Waals surface area contributed by atoms with Crippen LogP contribution in [-0.2, 0) is 0 Å². The van der Waals surface area contributed by atoms with Gasteiger partial charge in [-0.1, -0.05) is 18.2 Å². The van der Waals surface area contributed by atoms with E-state index in [1.807, 2.05) is 0 Å². The molecule has 0 unspecified atom stereocenters. The zero-order valence-corrected chi connectivity index (χ0v) is 8.58. The summed E-state index contributed by atoms with van der Waals surface area (Å²) >= 11 is 0. The molecule has 0 fully saturated rings. The number of benzene rings is 2. The number of hydrogen-bond acceptors (Lipinski definition) is 1. The Balaban J connectivity index is 2.56. The summed E-state index contributed by atoms with van der Waals surface area (Å²) in [6, 6.07) is 8.12. The first-order valence-corrected chi connectivity index (χ1v) is 4.84.